The van der Waals surface area contributed by atoms with Crippen molar-refractivity contribution in [3.63, 3.8) is 0 Å². The average Bonchev–Trinajstić information content (AvgIpc) is 2.75. The Bertz CT molecular complexity index is 662. The number of amides is 1. The van der Waals surface area contributed by atoms with Gasteiger partial charge in [0.05, 0.1) is 17.8 Å². The number of hydrogen-bond acceptors (Lipinski definition) is 3. The molecule has 1 aromatic rings. The number of rotatable bonds is 0. The van der Waals surface area contributed by atoms with Crippen molar-refractivity contribution in [3.8, 4) is 0 Å². The molecule has 0 bridgehead atoms. The summed E-state index contributed by atoms with van der Waals surface area (Å²) in [7, 11) is 0. The summed E-state index contributed by atoms with van der Waals surface area (Å²) in [6.07, 6.45) is 1.38. The zero-order chi connectivity index (χ0) is 13.9. The third-order valence-corrected chi connectivity index (χ3v) is 4.62. The van der Waals surface area contributed by atoms with E-state index in [1.807, 2.05) is 19.1 Å². The number of hydrogen-bond donors (Lipinski definition) is 1. The summed E-state index contributed by atoms with van der Waals surface area (Å²) in [6, 6.07) is 8.36. The highest BCUT2D eigenvalue weighted by Crippen LogP contribution is 2.42. The molecule has 0 saturated heterocycles. The second kappa shape index (κ2) is 3.95. The van der Waals surface area contributed by atoms with Crippen LogP contribution in [0, 0.1) is 0 Å². The Kier molecular flexibility index (Phi) is 2.31. The van der Waals surface area contributed by atoms with Crippen LogP contribution in [0.1, 0.15) is 30.5 Å². The SMILES string of the molecule is CC1NC(=O)C2=C1N1CCc3ccccc3C1CC2=O. The summed E-state index contributed by atoms with van der Waals surface area (Å²) in [5.41, 5.74) is 3.87. The Morgan fingerprint density at radius 3 is 2.90 bits per heavy atom. The van der Waals surface area contributed by atoms with E-state index in [9.17, 15) is 9.59 Å². The molecule has 0 aliphatic carbocycles. The number of nitrogens with one attached hydrogen (secondary N) is 1. The van der Waals surface area contributed by atoms with Crippen LogP contribution in [0.2, 0.25) is 0 Å². The highest BCUT2D eigenvalue weighted by molar-refractivity contribution is 6.22. The average molecular weight is 268 g/mol. The second-order valence-electron chi connectivity index (χ2n) is 5.74. The number of carbonyl (C=O) groups is 2. The van der Waals surface area contributed by atoms with Crippen LogP contribution in [-0.2, 0) is 16.0 Å². The van der Waals surface area contributed by atoms with E-state index in [-0.39, 0.29) is 23.8 Å². The van der Waals surface area contributed by atoms with Crippen molar-refractivity contribution in [2.45, 2.75) is 31.8 Å². The number of fused-ring (bicyclic) bond motifs is 4. The van der Waals surface area contributed by atoms with E-state index in [0.29, 0.717) is 12.0 Å². The minimum Gasteiger partial charge on any atom is -0.365 e. The molecule has 4 rings (SSSR count). The Morgan fingerprint density at radius 2 is 2.05 bits per heavy atom. The van der Waals surface area contributed by atoms with Gasteiger partial charge in [0.15, 0.2) is 5.78 Å². The fourth-order valence-corrected chi connectivity index (χ4v) is 3.77. The molecular weight excluding hydrogens is 252 g/mol. The summed E-state index contributed by atoms with van der Waals surface area (Å²) in [6.45, 7) is 2.84. The van der Waals surface area contributed by atoms with Crippen LogP contribution >= 0.6 is 0 Å². The maximum Gasteiger partial charge on any atom is 0.257 e. The molecule has 0 aromatic heterocycles. The highest BCUT2D eigenvalue weighted by Gasteiger charge is 2.44. The van der Waals surface area contributed by atoms with Gasteiger partial charge in [-0.3, -0.25) is 9.59 Å². The maximum absolute atomic E-state index is 12.4. The van der Waals surface area contributed by atoms with Crippen LogP contribution in [0.25, 0.3) is 0 Å². The summed E-state index contributed by atoms with van der Waals surface area (Å²) >= 11 is 0. The van der Waals surface area contributed by atoms with Crippen molar-refractivity contribution >= 4 is 11.7 Å². The standard InChI is InChI=1S/C16H16N2O2/c1-9-15-14(16(20)17-9)13(19)8-12-11-5-3-2-4-10(11)6-7-18(12)15/h2-5,9,12H,6-8H2,1H3,(H,17,20). The van der Waals surface area contributed by atoms with E-state index >= 15 is 0 Å². The van der Waals surface area contributed by atoms with Gasteiger partial charge in [-0.2, -0.15) is 0 Å². The van der Waals surface area contributed by atoms with Crippen LogP contribution in [0.3, 0.4) is 0 Å². The van der Waals surface area contributed by atoms with Gasteiger partial charge in [0.1, 0.15) is 5.57 Å². The largest absolute Gasteiger partial charge is 0.365 e. The van der Waals surface area contributed by atoms with Crippen molar-refractivity contribution in [2.24, 2.45) is 0 Å². The second-order valence-corrected chi connectivity index (χ2v) is 5.74. The number of ketones is 1. The highest BCUT2D eigenvalue weighted by atomic mass is 16.2. The number of benzene rings is 1. The van der Waals surface area contributed by atoms with Crippen molar-refractivity contribution in [1.29, 1.82) is 0 Å². The lowest BCUT2D eigenvalue weighted by atomic mass is 9.84. The molecule has 4 nitrogen and oxygen atoms in total. The van der Waals surface area contributed by atoms with Crippen molar-refractivity contribution < 1.29 is 9.59 Å². The summed E-state index contributed by atoms with van der Waals surface area (Å²) in [5.74, 6) is -0.213. The van der Waals surface area contributed by atoms with Crippen molar-refractivity contribution in [1.82, 2.24) is 10.2 Å². The predicted molar refractivity (Wildman–Crippen MR) is 73.8 cm³/mol. The molecule has 0 fully saturated rings. The molecule has 20 heavy (non-hydrogen) atoms. The minimum atomic E-state index is -0.199. The van der Waals surface area contributed by atoms with Gasteiger partial charge in [-0.15, -0.1) is 0 Å². The van der Waals surface area contributed by atoms with Gasteiger partial charge in [0.2, 0.25) is 0 Å². The molecule has 3 heterocycles. The quantitative estimate of drug-likeness (QED) is 0.722. The van der Waals surface area contributed by atoms with Crippen LogP contribution in [0.5, 0.6) is 0 Å². The van der Waals surface area contributed by atoms with E-state index in [0.717, 1.165) is 18.7 Å². The van der Waals surface area contributed by atoms with Crippen molar-refractivity contribution in [2.75, 3.05) is 6.54 Å². The number of Topliss-reactive ketones (excluding diaryl/α,β-unsaturated/α-hetero) is 1. The predicted octanol–water partition coefficient (Wildman–Crippen LogP) is 1.33. The van der Waals surface area contributed by atoms with E-state index in [1.54, 1.807) is 0 Å². The van der Waals surface area contributed by atoms with Crippen molar-refractivity contribution in [3.05, 3.63) is 46.7 Å². The smallest absolute Gasteiger partial charge is 0.257 e. The van der Waals surface area contributed by atoms with Gasteiger partial charge in [-0.05, 0) is 24.5 Å². The molecule has 3 aliphatic heterocycles. The molecule has 1 N–H and O–H groups in total. The van der Waals surface area contributed by atoms with E-state index < -0.39 is 0 Å². The first-order valence-electron chi connectivity index (χ1n) is 7.09. The van der Waals surface area contributed by atoms with Gasteiger partial charge in [-0.1, -0.05) is 24.3 Å². The first-order chi connectivity index (χ1) is 9.66. The van der Waals surface area contributed by atoms with Crippen LogP contribution < -0.4 is 5.32 Å². The molecule has 102 valence electrons. The third kappa shape index (κ3) is 1.42. The molecule has 0 spiro atoms. The monoisotopic (exact) mass is 268 g/mol. The normalized spacial score (nSPS) is 27.9. The Balaban J connectivity index is 1.86. The first-order valence-corrected chi connectivity index (χ1v) is 7.09. The van der Waals surface area contributed by atoms with Crippen LogP contribution in [-0.4, -0.2) is 29.2 Å². The molecule has 0 saturated carbocycles. The Hall–Kier alpha value is -2.10. The minimum absolute atomic E-state index is 0.0141. The zero-order valence-electron chi connectivity index (χ0n) is 11.3. The summed E-state index contributed by atoms with van der Waals surface area (Å²) < 4.78 is 0. The molecule has 0 radical (unpaired) electrons. The Labute approximate surface area is 117 Å². The molecule has 1 amide bonds. The lowest BCUT2D eigenvalue weighted by Crippen LogP contribution is -2.42. The summed E-state index contributed by atoms with van der Waals surface area (Å²) in [4.78, 5) is 26.5. The van der Waals surface area contributed by atoms with E-state index in [1.165, 1.54) is 11.1 Å². The molecule has 4 heteroatoms. The van der Waals surface area contributed by atoms with Crippen LogP contribution in [0.4, 0.5) is 0 Å². The molecule has 3 aliphatic rings. The van der Waals surface area contributed by atoms with Gasteiger partial charge in [0.25, 0.3) is 5.91 Å². The topological polar surface area (TPSA) is 49.4 Å². The van der Waals surface area contributed by atoms with Gasteiger partial charge in [0, 0.05) is 13.0 Å². The Morgan fingerprint density at radius 1 is 1.25 bits per heavy atom. The molecular formula is C16H16N2O2. The lowest BCUT2D eigenvalue weighted by molar-refractivity contribution is -0.123. The van der Waals surface area contributed by atoms with E-state index in [4.69, 9.17) is 0 Å². The third-order valence-electron chi connectivity index (χ3n) is 4.62. The molecule has 1 aromatic carbocycles. The number of nitrogens with zero attached hydrogens (tertiary/aromatic N) is 1. The van der Waals surface area contributed by atoms with Gasteiger partial charge >= 0.3 is 0 Å². The fourth-order valence-electron chi connectivity index (χ4n) is 3.77. The first kappa shape index (κ1) is 11.7. The van der Waals surface area contributed by atoms with E-state index in [2.05, 4.69) is 22.3 Å². The zero-order valence-corrected chi connectivity index (χ0v) is 11.3. The summed E-state index contributed by atoms with van der Waals surface area (Å²) in [5, 5.41) is 2.87. The lowest BCUT2D eigenvalue weighted by Gasteiger charge is -2.43. The van der Waals surface area contributed by atoms with Gasteiger partial charge < -0.3 is 10.2 Å². The molecule has 2 unspecified atom stereocenters. The fraction of sp³-hybridized carbons (Fsp3) is 0.375. The van der Waals surface area contributed by atoms with Gasteiger partial charge in [-0.25, -0.2) is 0 Å². The maximum atomic E-state index is 12.4. The molecule has 2 atom stereocenters. The number of carbonyl (C=O) groups excluding carboxylic acids is 2. The van der Waals surface area contributed by atoms with Crippen LogP contribution in [0.15, 0.2) is 35.5 Å².